The molecule has 2 aromatic carbocycles. The zero-order chi connectivity index (χ0) is 22.0. The summed E-state index contributed by atoms with van der Waals surface area (Å²) >= 11 is 3.40. The molecule has 0 radical (unpaired) electrons. The van der Waals surface area contributed by atoms with E-state index in [1.165, 1.54) is 14.2 Å². The molecule has 9 heteroatoms. The van der Waals surface area contributed by atoms with Gasteiger partial charge in [-0.05, 0) is 40.2 Å². The number of amides is 2. The highest BCUT2D eigenvalue weighted by Gasteiger charge is 2.28. The quantitative estimate of drug-likeness (QED) is 0.584. The minimum Gasteiger partial charge on any atom is -0.495 e. The first kappa shape index (κ1) is 21.2. The number of carbonyl (C=O) groups is 2. The molecule has 0 spiro atoms. The van der Waals surface area contributed by atoms with E-state index in [4.69, 9.17) is 18.6 Å². The Morgan fingerprint density at radius 1 is 1.06 bits per heavy atom. The Morgan fingerprint density at radius 2 is 1.71 bits per heavy atom. The summed E-state index contributed by atoms with van der Waals surface area (Å²) in [5.41, 5.74) is 1.16. The van der Waals surface area contributed by atoms with Crippen LogP contribution in [0.5, 0.6) is 11.5 Å². The molecule has 31 heavy (non-hydrogen) atoms. The summed E-state index contributed by atoms with van der Waals surface area (Å²) in [6, 6.07) is 10.4. The maximum absolute atomic E-state index is 13.1. The van der Waals surface area contributed by atoms with Gasteiger partial charge in [-0.3, -0.25) is 9.59 Å². The van der Waals surface area contributed by atoms with Crippen molar-refractivity contribution in [3.8, 4) is 11.5 Å². The molecule has 2 amide bonds. The number of benzene rings is 2. The maximum Gasteiger partial charge on any atom is 0.291 e. The van der Waals surface area contributed by atoms with Crippen LogP contribution in [0.15, 0.2) is 45.3 Å². The average Bonchev–Trinajstić information content (AvgIpc) is 3.17. The van der Waals surface area contributed by atoms with Gasteiger partial charge in [-0.2, -0.15) is 0 Å². The Labute approximate surface area is 187 Å². The summed E-state index contributed by atoms with van der Waals surface area (Å²) in [6.45, 7) is 1.85. The van der Waals surface area contributed by atoms with Crippen molar-refractivity contribution in [2.24, 2.45) is 0 Å². The number of nitrogens with one attached hydrogen (secondary N) is 1. The number of anilines is 1. The van der Waals surface area contributed by atoms with Gasteiger partial charge >= 0.3 is 0 Å². The predicted molar refractivity (Wildman–Crippen MR) is 118 cm³/mol. The number of morpholine rings is 1. The van der Waals surface area contributed by atoms with Crippen LogP contribution < -0.4 is 14.8 Å². The van der Waals surface area contributed by atoms with E-state index in [1.807, 2.05) is 12.1 Å². The molecule has 0 atom stereocenters. The van der Waals surface area contributed by atoms with Crippen LogP contribution in [0.4, 0.5) is 5.69 Å². The lowest BCUT2D eigenvalue weighted by atomic mass is 10.1. The molecule has 1 aromatic heterocycles. The second-order valence-corrected chi connectivity index (χ2v) is 7.65. The third-order valence-corrected chi connectivity index (χ3v) is 5.82. The molecule has 4 rings (SSSR count). The standard InChI is InChI=1S/C22H21BrN2O6/c1-28-16-11-13(12-17(29-2)18(16)23)21(26)24-19-14-5-3-4-6-15(14)31-20(19)22(27)25-7-9-30-10-8-25/h3-6,11-12H,7-10H2,1-2H3,(H,24,26). The lowest BCUT2D eigenvalue weighted by Crippen LogP contribution is -2.40. The number of nitrogens with zero attached hydrogens (tertiary/aromatic N) is 1. The van der Waals surface area contributed by atoms with Gasteiger partial charge in [0.1, 0.15) is 27.2 Å². The zero-order valence-electron chi connectivity index (χ0n) is 17.1. The van der Waals surface area contributed by atoms with Crippen LogP contribution in [0.25, 0.3) is 11.0 Å². The first-order valence-corrected chi connectivity index (χ1v) is 10.4. The minimum absolute atomic E-state index is 0.0903. The van der Waals surface area contributed by atoms with Gasteiger partial charge in [-0.25, -0.2) is 0 Å². The van der Waals surface area contributed by atoms with Crippen LogP contribution in [-0.4, -0.2) is 57.2 Å². The van der Waals surface area contributed by atoms with E-state index >= 15 is 0 Å². The van der Waals surface area contributed by atoms with Crippen LogP contribution in [0.1, 0.15) is 20.9 Å². The number of furan rings is 1. The summed E-state index contributed by atoms with van der Waals surface area (Å²) in [4.78, 5) is 27.9. The predicted octanol–water partition coefficient (Wildman–Crippen LogP) is 3.94. The monoisotopic (exact) mass is 488 g/mol. The number of methoxy groups -OCH3 is 2. The molecular weight excluding hydrogens is 468 g/mol. The van der Waals surface area contributed by atoms with E-state index in [0.29, 0.717) is 64.5 Å². The van der Waals surface area contributed by atoms with E-state index in [2.05, 4.69) is 21.2 Å². The highest BCUT2D eigenvalue weighted by atomic mass is 79.9. The van der Waals surface area contributed by atoms with Crippen molar-refractivity contribution in [1.82, 2.24) is 4.90 Å². The van der Waals surface area contributed by atoms with Crippen LogP contribution in [0.2, 0.25) is 0 Å². The average molecular weight is 489 g/mol. The van der Waals surface area contributed by atoms with Crippen molar-refractivity contribution in [3.63, 3.8) is 0 Å². The maximum atomic E-state index is 13.1. The van der Waals surface area contributed by atoms with Crippen molar-refractivity contribution in [2.45, 2.75) is 0 Å². The lowest BCUT2D eigenvalue weighted by Gasteiger charge is -2.26. The van der Waals surface area contributed by atoms with Crippen molar-refractivity contribution in [2.75, 3.05) is 45.8 Å². The number of carbonyl (C=O) groups excluding carboxylic acids is 2. The van der Waals surface area contributed by atoms with E-state index in [9.17, 15) is 9.59 Å². The van der Waals surface area contributed by atoms with Gasteiger partial charge in [0.25, 0.3) is 11.8 Å². The van der Waals surface area contributed by atoms with E-state index in [-0.39, 0.29) is 11.7 Å². The number of halogens is 1. The molecule has 1 fully saturated rings. The van der Waals surface area contributed by atoms with Crippen LogP contribution in [-0.2, 0) is 4.74 Å². The first-order chi connectivity index (χ1) is 15.0. The Balaban J connectivity index is 1.72. The summed E-state index contributed by atoms with van der Waals surface area (Å²) < 4.78 is 22.4. The van der Waals surface area contributed by atoms with E-state index < -0.39 is 5.91 Å². The molecular formula is C22H21BrN2O6. The second-order valence-electron chi connectivity index (χ2n) is 6.86. The van der Waals surface area contributed by atoms with Crippen LogP contribution in [0, 0.1) is 0 Å². The molecule has 0 bridgehead atoms. The highest BCUT2D eigenvalue weighted by molar-refractivity contribution is 9.10. The fraction of sp³-hybridized carbons (Fsp3) is 0.273. The van der Waals surface area contributed by atoms with Gasteiger partial charge in [0.15, 0.2) is 0 Å². The van der Waals surface area contributed by atoms with Crippen LogP contribution in [0.3, 0.4) is 0 Å². The lowest BCUT2D eigenvalue weighted by molar-refractivity contribution is 0.0285. The molecule has 0 aliphatic carbocycles. The molecule has 2 heterocycles. The number of hydrogen-bond donors (Lipinski definition) is 1. The third-order valence-electron chi connectivity index (χ3n) is 5.03. The summed E-state index contributed by atoms with van der Waals surface area (Å²) in [5, 5.41) is 3.50. The molecule has 3 aromatic rings. The largest absolute Gasteiger partial charge is 0.495 e. The van der Waals surface area contributed by atoms with Gasteiger partial charge < -0.3 is 28.8 Å². The molecule has 1 aliphatic heterocycles. The topological polar surface area (TPSA) is 90.2 Å². The Bertz CT molecular complexity index is 1110. The molecule has 0 unspecified atom stereocenters. The molecule has 1 aliphatic rings. The Hall–Kier alpha value is -3.04. The number of hydrogen-bond acceptors (Lipinski definition) is 6. The van der Waals surface area contributed by atoms with Gasteiger partial charge in [0.05, 0.1) is 27.4 Å². The minimum atomic E-state index is -0.424. The number of ether oxygens (including phenoxy) is 3. The van der Waals surface area contributed by atoms with E-state index in [0.717, 1.165) is 0 Å². The third kappa shape index (κ3) is 4.11. The molecule has 8 nitrogen and oxygen atoms in total. The summed E-state index contributed by atoms with van der Waals surface area (Å²) in [5.74, 6) is 0.275. The van der Waals surface area contributed by atoms with Crippen molar-refractivity contribution < 1.29 is 28.2 Å². The first-order valence-electron chi connectivity index (χ1n) is 9.65. The smallest absolute Gasteiger partial charge is 0.291 e. The fourth-order valence-electron chi connectivity index (χ4n) is 3.42. The van der Waals surface area contributed by atoms with Crippen molar-refractivity contribution >= 4 is 44.4 Å². The van der Waals surface area contributed by atoms with Gasteiger partial charge in [0, 0.05) is 24.0 Å². The molecule has 1 N–H and O–H groups in total. The molecule has 0 saturated carbocycles. The number of rotatable bonds is 5. The van der Waals surface area contributed by atoms with Gasteiger partial charge in [-0.15, -0.1) is 0 Å². The van der Waals surface area contributed by atoms with Crippen molar-refractivity contribution in [3.05, 3.63) is 52.2 Å². The van der Waals surface area contributed by atoms with Crippen LogP contribution >= 0.6 is 15.9 Å². The number of fused-ring (bicyclic) bond motifs is 1. The Kier molecular flexibility index (Phi) is 6.15. The fourth-order valence-corrected chi connectivity index (χ4v) is 3.97. The molecule has 1 saturated heterocycles. The molecule has 162 valence electrons. The number of para-hydroxylation sites is 1. The summed E-state index contributed by atoms with van der Waals surface area (Å²) in [7, 11) is 3.01. The van der Waals surface area contributed by atoms with E-state index in [1.54, 1.807) is 29.2 Å². The zero-order valence-corrected chi connectivity index (χ0v) is 18.7. The van der Waals surface area contributed by atoms with Crippen molar-refractivity contribution in [1.29, 1.82) is 0 Å². The Morgan fingerprint density at radius 3 is 2.35 bits per heavy atom. The van der Waals surface area contributed by atoms with Gasteiger partial charge in [0.2, 0.25) is 5.76 Å². The highest BCUT2D eigenvalue weighted by Crippen LogP contribution is 2.37. The van der Waals surface area contributed by atoms with Gasteiger partial charge in [-0.1, -0.05) is 12.1 Å². The normalized spacial score (nSPS) is 13.8. The SMILES string of the molecule is COc1cc(C(=O)Nc2c(C(=O)N3CCOCC3)oc3ccccc23)cc(OC)c1Br. The second kappa shape index (κ2) is 8.99. The summed E-state index contributed by atoms with van der Waals surface area (Å²) in [6.07, 6.45) is 0.